The van der Waals surface area contributed by atoms with E-state index in [2.05, 4.69) is 23.1 Å². The van der Waals surface area contributed by atoms with Gasteiger partial charge in [-0.3, -0.25) is 4.90 Å². The van der Waals surface area contributed by atoms with Crippen LogP contribution in [-0.4, -0.2) is 18.0 Å². The van der Waals surface area contributed by atoms with Crippen LogP contribution in [0, 0.1) is 23.2 Å². The summed E-state index contributed by atoms with van der Waals surface area (Å²) in [5, 5.41) is 8.76. The van der Waals surface area contributed by atoms with E-state index in [1.54, 1.807) is 0 Å². The number of likely N-dealkylation sites (tertiary alicyclic amines) is 1. The number of hydrogen-bond donors (Lipinski definition) is 0. The molecule has 1 aromatic rings. The molecule has 0 radical (unpaired) electrons. The Labute approximate surface area is 103 Å². The van der Waals surface area contributed by atoms with Crippen LogP contribution in [0.5, 0.6) is 0 Å². The fourth-order valence-corrected chi connectivity index (χ4v) is 3.40. The lowest BCUT2D eigenvalue weighted by molar-refractivity contribution is 0.303. The minimum absolute atomic E-state index is 0.757. The molecule has 0 aromatic heterocycles. The van der Waals surface area contributed by atoms with E-state index in [4.69, 9.17) is 5.26 Å². The van der Waals surface area contributed by atoms with Crippen LogP contribution in [-0.2, 0) is 6.54 Å². The summed E-state index contributed by atoms with van der Waals surface area (Å²) in [5.41, 5.74) is 2.09. The molecule has 17 heavy (non-hydrogen) atoms. The van der Waals surface area contributed by atoms with Gasteiger partial charge < -0.3 is 0 Å². The second kappa shape index (κ2) is 4.50. The SMILES string of the molecule is N#Cc1ccc(CN2CC3CCCC3C2)cc1. The van der Waals surface area contributed by atoms with Crippen molar-refractivity contribution >= 4 is 0 Å². The normalized spacial score (nSPS) is 27.9. The van der Waals surface area contributed by atoms with Crippen molar-refractivity contribution in [1.82, 2.24) is 4.90 Å². The van der Waals surface area contributed by atoms with Crippen molar-refractivity contribution in [3.8, 4) is 6.07 Å². The van der Waals surface area contributed by atoms with E-state index < -0.39 is 0 Å². The Kier molecular flexibility index (Phi) is 2.86. The Morgan fingerprint density at radius 3 is 2.35 bits per heavy atom. The summed E-state index contributed by atoms with van der Waals surface area (Å²) in [4.78, 5) is 2.58. The molecule has 2 heteroatoms. The first-order chi connectivity index (χ1) is 8.35. The van der Waals surface area contributed by atoms with Gasteiger partial charge in [-0.2, -0.15) is 5.26 Å². The van der Waals surface area contributed by atoms with E-state index in [-0.39, 0.29) is 0 Å². The van der Waals surface area contributed by atoms with Crippen molar-refractivity contribution in [3.05, 3.63) is 35.4 Å². The molecule has 1 saturated carbocycles. The summed E-state index contributed by atoms with van der Waals surface area (Å²) in [5.74, 6) is 1.93. The van der Waals surface area contributed by atoms with Crippen LogP contribution in [0.25, 0.3) is 0 Å². The Balaban J connectivity index is 1.62. The van der Waals surface area contributed by atoms with Gasteiger partial charge in [0.15, 0.2) is 0 Å². The van der Waals surface area contributed by atoms with E-state index in [0.717, 1.165) is 23.9 Å². The van der Waals surface area contributed by atoms with Crippen LogP contribution < -0.4 is 0 Å². The van der Waals surface area contributed by atoms with Crippen molar-refractivity contribution in [2.75, 3.05) is 13.1 Å². The average Bonchev–Trinajstić information content (AvgIpc) is 2.90. The summed E-state index contributed by atoms with van der Waals surface area (Å²) in [6, 6.07) is 10.2. The van der Waals surface area contributed by atoms with Gasteiger partial charge in [-0.05, 0) is 42.4 Å². The molecule has 0 bridgehead atoms. The van der Waals surface area contributed by atoms with Crippen LogP contribution in [0.3, 0.4) is 0 Å². The van der Waals surface area contributed by atoms with Crippen LogP contribution >= 0.6 is 0 Å². The molecule has 0 spiro atoms. The lowest BCUT2D eigenvalue weighted by Crippen LogP contribution is -2.20. The molecule has 3 rings (SSSR count). The maximum absolute atomic E-state index is 8.76. The minimum atomic E-state index is 0.757. The molecular formula is C15H18N2. The van der Waals surface area contributed by atoms with Gasteiger partial charge in [-0.15, -0.1) is 0 Å². The van der Waals surface area contributed by atoms with Gasteiger partial charge in [0, 0.05) is 19.6 Å². The average molecular weight is 226 g/mol. The van der Waals surface area contributed by atoms with Crippen molar-refractivity contribution in [1.29, 1.82) is 5.26 Å². The molecule has 1 aliphatic carbocycles. The van der Waals surface area contributed by atoms with Crippen molar-refractivity contribution < 1.29 is 0 Å². The molecule has 88 valence electrons. The molecule has 1 saturated heterocycles. The van der Waals surface area contributed by atoms with Gasteiger partial charge in [0.2, 0.25) is 0 Å². The predicted octanol–water partition coefficient (Wildman–Crippen LogP) is 2.79. The molecule has 1 heterocycles. The third-order valence-corrected chi connectivity index (χ3v) is 4.29. The lowest BCUT2D eigenvalue weighted by Gasteiger charge is -2.16. The number of nitrogens with zero attached hydrogens (tertiary/aromatic N) is 2. The standard InChI is InChI=1S/C15H18N2/c16-8-12-4-6-13(7-5-12)9-17-10-14-2-1-3-15(14)11-17/h4-7,14-15H,1-3,9-11H2. The molecular weight excluding hydrogens is 208 g/mol. The largest absolute Gasteiger partial charge is 0.299 e. The highest BCUT2D eigenvalue weighted by atomic mass is 15.2. The summed E-state index contributed by atoms with van der Waals surface area (Å²) in [6.45, 7) is 3.62. The van der Waals surface area contributed by atoms with Crippen molar-refractivity contribution in [2.45, 2.75) is 25.8 Å². The smallest absolute Gasteiger partial charge is 0.0991 e. The highest BCUT2D eigenvalue weighted by Crippen LogP contribution is 2.38. The Morgan fingerprint density at radius 1 is 1.12 bits per heavy atom. The molecule has 2 aliphatic rings. The molecule has 2 nitrogen and oxygen atoms in total. The first-order valence-corrected chi connectivity index (χ1v) is 6.56. The highest BCUT2D eigenvalue weighted by Gasteiger charge is 2.35. The van der Waals surface area contributed by atoms with Gasteiger partial charge in [0.25, 0.3) is 0 Å². The zero-order chi connectivity index (χ0) is 11.7. The van der Waals surface area contributed by atoms with Crippen LogP contribution in [0.2, 0.25) is 0 Å². The first kappa shape index (κ1) is 10.8. The Morgan fingerprint density at radius 2 is 1.76 bits per heavy atom. The fourth-order valence-electron chi connectivity index (χ4n) is 3.40. The number of nitriles is 1. The van der Waals surface area contributed by atoms with E-state index in [9.17, 15) is 0 Å². The van der Waals surface area contributed by atoms with Crippen LogP contribution in [0.15, 0.2) is 24.3 Å². The maximum atomic E-state index is 8.76. The summed E-state index contributed by atoms with van der Waals surface area (Å²) < 4.78 is 0. The van der Waals surface area contributed by atoms with Gasteiger partial charge in [0.05, 0.1) is 11.6 Å². The quantitative estimate of drug-likeness (QED) is 0.775. The summed E-state index contributed by atoms with van der Waals surface area (Å²) in [6.07, 6.45) is 4.32. The molecule has 1 aromatic carbocycles. The van der Waals surface area contributed by atoms with Gasteiger partial charge in [-0.1, -0.05) is 18.6 Å². The van der Waals surface area contributed by atoms with Crippen molar-refractivity contribution in [3.63, 3.8) is 0 Å². The minimum Gasteiger partial charge on any atom is -0.299 e. The summed E-state index contributed by atoms with van der Waals surface area (Å²) in [7, 11) is 0. The third kappa shape index (κ3) is 2.21. The molecule has 2 fully saturated rings. The Hall–Kier alpha value is -1.33. The number of benzene rings is 1. The molecule has 2 atom stereocenters. The van der Waals surface area contributed by atoms with E-state index in [1.165, 1.54) is 37.9 Å². The van der Waals surface area contributed by atoms with Crippen LogP contribution in [0.4, 0.5) is 0 Å². The molecule has 2 unspecified atom stereocenters. The lowest BCUT2D eigenvalue weighted by atomic mass is 10.0. The number of rotatable bonds is 2. The number of hydrogen-bond acceptors (Lipinski definition) is 2. The van der Waals surface area contributed by atoms with E-state index in [0.29, 0.717) is 0 Å². The van der Waals surface area contributed by atoms with Gasteiger partial charge >= 0.3 is 0 Å². The topological polar surface area (TPSA) is 27.0 Å². The zero-order valence-corrected chi connectivity index (χ0v) is 10.1. The second-order valence-corrected chi connectivity index (χ2v) is 5.45. The van der Waals surface area contributed by atoms with E-state index >= 15 is 0 Å². The molecule has 0 amide bonds. The first-order valence-electron chi connectivity index (χ1n) is 6.56. The van der Waals surface area contributed by atoms with Gasteiger partial charge in [0.1, 0.15) is 0 Å². The van der Waals surface area contributed by atoms with E-state index in [1.807, 2.05) is 12.1 Å². The van der Waals surface area contributed by atoms with Gasteiger partial charge in [-0.25, -0.2) is 0 Å². The molecule has 0 N–H and O–H groups in total. The second-order valence-electron chi connectivity index (χ2n) is 5.45. The highest BCUT2D eigenvalue weighted by molar-refractivity contribution is 5.31. The van der Waals surface area contributed by atoms with Crippen molar-refractivity contribution in [2.24, 2.45) is 11.8 Å². The summed E-state index contributed by atoms with van der Waals surface area (Å²) >= 11 is 0. The number of fused-ring (bicyclic) bond motifs is 1. The maximum Gasteiger partial charge on any atom is 0.0991 e. The zero-order valence-electron chi connectivity index (χ0n) is 10.1. The van der Waals surface area contributed by atoms with Crippen LogP contribution in [0.1, 0.15) is 30.4 Å². The molecule has 1 aliphatic heterocycles. The third-order valence-electron chi connectivity index (χ3n) is 4.29. The monoisotopic (exact) mass is 226 g/mol. The predicted molar refractivity (Wildman–Crippen MR) is 67.3 cm³/mol. The fraction of sp³-hybridized carbons (Fsp3) is 0.533. The Bertz CT molecular complexity index is 417.